The van der Waals surface area contributed by atoms with Crippen LogP contribution >= 0.6 is 0 Å². The van der Waals surface area contributed by atoms with E-state index in [4.69, 9.17) is 4.74 Å². The van der Waals surface area contributed by atoms with Crippen molar-refractivity contribution in [3.63, 3.8) is 0 Å². The summed E-state index contributed by atoms with van der Waals surface area (Å²) in [7, 11) is 3.29. The molecule has 0 heterocycles. The SMILES string of the molecule is CN(C)C(=O)OC1CC(O)=CC(C)(C)C1. The molecule has 0 saturated heterocycles. The van der Waals surface area contributed by atoms with Gasteiger partial charge in [0, 0.05) is 20.5 Å². The standard InChI is InChI=1S/C11H19NO3/c1-11(2)6-8(13)5-9(7-11)15-10(14)12(3)4/h6,9,13H,5,7H2,1-4H3. The van der Waals surface area contributed by atoms with Crippen molar-refractivity contribution in [1.29, 1.82) is 0 Å². The number of ether oxygens (including phenoxy) is 1. The quantitative estimate of drug-likeness (QED) is 0.727. The van der Waals surface area contributed by atoms with Gasteiger partial charge in [-0.05, 0) is 17.9 Å². The van der Waals surface area contributed by atoms with E-state index in [1.54, 1.807) is 14.1 Å². The molecule has 0 aromatic carbocycles. The highest BCUT2D eigenvalue weighted by molar-refractivity contribution is 5.67. The maximum atomic E-state index is 11.3. The predicted octanol–water partition coefficient (Wildman–Crippen LogP) is 2.32. The van der Waals surface area contributed by atoms with Crippen LogP contribution in [0.25, 0.3) is 0 Å². The molecule has 1 aliphatic rings. The second kappa shape index (κ2) is 4.13. The molecule has 0 saturated carbocycles. The van der Waals surface area contributed by atoms with Gasteiger partial charge in [0.2, 0.25) is 0 Å². The van der Waals surface area contributed by atoms with Gasteiger partial charge in [-0.2, -0.15) is 0 Å². The van der Waals surface area contributed by atoms with Crippen molar-refractivity contribution >= 4 is 6.09 Å². The summed E-state index contributed by atoms with van der Waals surface area (Å²) in [6.45, 7) is 4.03. The van der Waals surface area contributed by atoms with Crippen LogP contribution < -0.4 is 0 Å². The van der Waals surface area contributed by atoms with Crippen molar-refractivity contribution in [3.05, 3.63) is 11.8 Å². The molecule has 0 fully saturated rings. The Hall–Kier alpha value is -1.19. The number of hydrogen-bond donors (Lipinski definition) is 1. The molecule has 0 aromatic rings. The highest BCUT2D eigenvalue weighted by Gasteiger charge is 2.30. The van der Waals surface area contributed by atoms with Crippen LogP contribution in [0.5, 0.6) is 0 Å². The molecule has 1 rings (SSSR count). The van der Waals surface area contributed by atoms with Gasteiger partial charge in [-0.3, -0.25) is 0 Å². The fourth-order valence-electron chi connectivity index (χ4n) is 1.79. The van der Waals surface area contributed by atoms with Crippen LogP contribution in [0.15, 0.2) is 11.8 Å². The molecule has 0 radical (unpaired) electrons. The van der Waals surface area contributed by atoms with E-state index in [1.807, 2.05) is 19.9 Å². The minimum atomic E-state index is -0.356. The first-order valence-electron chi connectivity index (χ1n) is 5.09. The Kier molecular flexibility index (Phi) is 3.27. The second-order valence-electron chi connectivity index (χ2n) is 4.93. The smallest absolute Gasteiger partial charge is 0.409 e. The van der Waals surface area contributed by atoms with E-state index in [1.165, 1.54) is 4.90 Å². The first-order valence-corrected chi connectivity index (χ1v) is 5.09. The van der Waals surface area contributed by atoms with Crippen molar-refractivity contribution in [2.75, 3.05) is 14.1 Å². The Labute approximate surface area is 90.5 Å². The van der Waals surface area contributed by atoms with Crippen LogP contribution in [0.3, 0.4) is 0 Å². The molecule has 0 spiro atoms. The summed E-state index contributed by atoms with van der Waals surface area (Å²) in [6.07, 6.45) is 2.41. The molecule has 0 aromatic heterocycles. The molecule has 0 aliphatic heterocycles. The number of aliphatic hydroxyl groups is 1. The summed E-state index contributed by atoms with van der Waals surface area (Å²) in [5.41, 5.74) is -0.112. The number of rotatable bonds is 1. The number of allylic oxidation sites excluding steroid dienone is 1. The lowest BCUT2D eigenvalue weighted by Gasteiger charge is -2.32. The average Bonchev–Trinajstić information content (AvgIpc) is 1.99. The summed E-state index contributed by atoms with van der Waals surface area (Å²) in [5, 5.41) is 9.52. The van der Waals surface area contributed by atoms with E-state index in [-0.39, 0.29) is 17.6 Å². The van der Waals surface area contributed by atoms with E-state index in [0.29, 0.717) is 12.2 Å². The van der Waals surface area contributed by atoms with Crippen molar-refractivity contribution in [1.82, 2.24) is 4.90 Å². The minimum absolute atomic E-state index is 0.112. The Balaban J connectivity index is 2.60. The van der Waals surface area contributed by atoms with E-state index >= 15 is 0 Å². The van der Waals surface area contributed by atoms with E-state index < -0.39 is 0 Å². The monoisotopic (exact) mass is 213 g/mol. The van der Waals surface area contributed by atoms with Crippen molar-refractivity contribution < 1.29 is 14.6 Å². The van der Waals surface area contributed by atoms with Crippen LogP contribution in [-0.4, -0.2) is 36.3 Å². The van der Waals surface area contributed by atoms with Crippen LogP contribution in [0.1, 0.15) is 26.7 Å². The van der Waals surface area contributed by atoms with Crippen LogP contribution in [-0.2, 0) is 4.74 Å². The number of carbonyl (C=O) groups excluding carboxylic acids is 1. The fraction of sp³-hybridized carbons (Fsp3) is 0.727. The topological polar surface area (TPSA) is 49.8 Å². The number of nitrogens with zero attached hydrogens (tertiary/aromatic N) is 1. The van der Waals surface area contributed by atoms with Crippen molar-refractivity contribution in [2.45, 2.75) is 32.8 Å². The number of hydrogen-bond acceptors (Lipinski definition) is 3. The van der Waals surface area contributed by atoms with Gasteiger partial charge in [-0.1, -0.05) is 13.8 Å². The molecule has 4 heteroatoms. The van der Waals surface area contributed by atoms with E-state index in [0.717, 1.165) is 6.42 Å². The summed E-state index contributed by atoms with van der Waals surface area (Å²) < 4.78 is 5.24. The lowest BCUT2D eigenvalue weighted by atomic mass is 9.80. The molecule has 1 N–H and O–H groups in total. The van der Waals surface area contributed by atoms with Gasteiger partial charge in [-0.15, -0.1) is 0 Å². The molecular weight excluding hydrogens is 194 g/mol. The van der Waals surface area contributed by atoms with Gasteiger partial charge in [0.1, 0.15) is 6.10 Å². The molecule has 1 atom stereocenters. The fourth-order valence-corrected chi connectivity index (χ4v) is 1.79. The van der Waals surface area contributed by atoms with Gasteiger partial charge in [-0.25, -0.2) is 4.79 Å². The summed E-state index contributed by atoms with van der Waals surface area (Å²) in [4.78, 5) is 12.7. The lowest BCUT2D eigenvalue weighted by Crippen LogP contribution is -2.33. The largest absolute Gasteiger partial charge is 0.512 e. The molecule has 86 valence electrons. The van der Waals surface area contributed by atoms with E-state index in [2.05, 4.69) is 0 Å². The Morgan fingerprint density at radius 3 is 2.67 bits per heavy atom. The predicted molar refractivity (Wildman–Crippen MR) is 57.7 cm³/mol. The third-order valence-electron chi connectivity index (χ3n) is 2.38. The zero-order chi connectivity index (χ0) is 11.6. The van der Waals surface area contributed by atoms with Crippen LogP contribution in [0.2, 0.25) is 0 Å². The van der Waals surface area contributed by atoms with Crippen LogP contribution in [0, 0.1) is 5.41 Å². The lowest BCUT2D eigenvalue weighted by molar-refractivity contribution is 0.0447. The third kappa shape index (κ3) is 3.46. The van der Waals surface area contributed by atoms with Gasteiger partial charge < -0.3 is 14.7 Å². The molecule has 1 amide bonds. The molecular formula is C11H19NO3. The number of aliphatic hydroxyl groups excluding tert-OH is 1. The van der Waals surface area contributed by atoms with Gasteiger partial charge in [0.25, 0.3) is 0 Å². The molecule has 0 bridgehead atoms. The second-order valence-corrected chi connectivity index (χ2v) is 4.93. The Morgan fingerprint density at radius 2 is 2.20 bits per heavy atom. The summed E-state index contributed by atoms with van der Waals surface area (Å²) in [5.74, 6) is 0.308. The minimum Gasteiger partial charge on any atom is -0.512 e. The summed E-state index contributed by atoms with van der Waals surface area (Å²) >= 11 is 0. The maximum absolute atomic E-state index is 11.3. The Morgan fingerprint density at radius 1 is 1.60 bits per heavy atom. The summed E-state index contributed by atoms with van der Waals surface area (Å²) in [6, 6.07) is 0. The van der Waals surface area contributed by atoms with Crippen molar-refractivity contribution in [2.24, 2.45) is 5.41 Å². The zero-order valence-electron chi connectivity index (χ0n) is 9.78. The maximum Gasteiger partial charge on any atom is 0.409 e. The van der Waals surface area contributed by atoms with Gasteiger partial charge in [0.15, 0.2) is 0 Å². The normalized spacial score (nSPS) is 24.3. The number of carbonyl (C=O) groups is 1. The van der Waals surface area contributed by atoms with E-state index in [9.17, 15) is 9.90 Å². The molecule has 1 aliphatic carbocycles. The molecule has 15 heavy (non-hydrogen) atoms. The first-order chi connectivity index (χ1) is 6.80. The molecule has 1 unspecified atom stereocenters. The number of amides is 1. The zero-order valence-corrected chi connectivity index (χ0v) is 9.78. The first kappa shape index (κ1) is 11.9. The Bertz CT molecular complexity index is 282. The third-order valence-corrected chi connectivity index (χ3v) is 2.38. The highest BCUT2D eigenvalue weighted by Crippen LogP contribution is 2.33. The van der Waals surface area contributed by atoms with Gasteiger partial charge >= 0.3 is 6.09 Å². The highest BCUT2D eigenvalue weighted by atomic mass is 16.6. The average molecular weight is 213 g/mol. The van der Waals surface area contributed by atoms with Gasteiger partial charge in [0.05, 0.1) is 5.76 Å². The van der Waals surface area contributed by atoms with Crippen LogP contribution in [0.4, 0.5) is 4.79 Å². The molecule has 4 nitrogen and oxygen atoms in total. The van der Waals surface area contributed by atoms with Crippen molar-refractivity contribution in [3.8, 4) is 0 Å².